The minimum Gasteiger partial charge on any atom is -0.370 e. The van der Waals surface area contributed by atoms with Gasteiger partial charge in [-0.25, -0.2) is 4.98 Å². The van der Waals surface area contributed by atoms with E-state index in [0.717, 1.165) is 18.1 Å². The molecule has 0 saturated heterocycles. The summed E-state index contributed by atoms with van der Waals surface area (Å²) >= 11 is 6.05. The number of anilines is 1. The van der Waals surface area contributed by atoms with Crippen LogP contribution < -0.4 is 5.32 Å². The molecule has 0 radical (unpaired) electrons. The first-order valence-corrected chi connectivity index (χ1v) is 5.83. The van der Waals surface area contributed by atoms with Crippen molar-refractivity contribution in [2.24, 2.45) is 0 Å². The molecular weight excluding hydrogens is 224 g/mol. The molecule has 3 nitrogen and oxygen atoms in total. The van der Waals surface area contributed by atoms with Gasteiger partial charge in [-0.1, -0.05) is 11.6 Å². The van der Waals surface area contributed by atoms with Gasteiger partial charge in [-0.3, -0.25) is 0 Å². The Morgan fingerprint density at radius 3 is 2.62 bits per heavy atom. The van der Waals surface area contributed by atoms with Crippen LogP contribution >= 0.6 is 11.6 Å². The molecular formula is C12H19ClN2O. The van der Waals surface area contributed by atoms with Gasteiger partial charge in [0.1, 0.15) is 5.82 Å². The lowest BCUT2D eigenvalue weighted by molar-refractivity contribution is -0.0163. The zero-order valence-corrected chi connectivity index (χ0v) is 11.1. The van der Waals surface area contributed by atoms with E-state index in [0.29, 0.717) is 11.6 Å². The summed E-state index contributed by atoms with van der Waals surface area (Å²) < 4.78 is 5.65. The second-order valence-corrected chi connectivity index (χ2v) is 4.96. The molecule has 90 valence electrons. The van der Waals surface area contributed by atoms with Gasteiger partial charge in [-0.2, -0.15) is 0 Å². The largest absolute Gasteiger partial charge is 0.370 e. The fourth-order valence-electron chi connectivity index (χ4n) is 1.15. The van der Waals surface area contributed by atoms with Gasteiger partial charge in [0.15, 0.2) is 0 Å². The average Bonchev–Trinajstić information content (AvgIpc) is 2.18. The second-order valence-electron chi connectivity index (χ2n) is 4.56. The maximum absolute atomic E-state index is 6.05. The van der Waals surface area contributed by atoms with Crippen LogP contribution in [0.3, 0.4) is 0 Å². The highest BCUT2D eigenvalue weighted by Crippen LogP contribution is 2.19. The number of rotatable bonds is 4. The van der Waals surface area contributed by atoms with Gasteiger partial charge in [0.25, 0.3) is 0 Å². The summed E-state index contributed by atoms with van der Waals surface area (Å²) in [6.45, 7) is 9.33. The van der Waals surface area contributed by atoms with Crippen LogP contribution in [-0.2, 0) is 11.3 Å². The molecule has 1 rings (SSSR count). The molecule has 0 bridgehead atoms. The number of hydrogen-bond acceptors (Lipinski definition) is 3. The quantitative estimate of drug-likeness (QED) is 0.878. The monoisotopic (exact) mass is 242 g/mol. The highest BCUT2D eigenvalue weighted by molar-refractivity contribution is 6.31. The van der Waals surface area contributed by atoms with Gasteiger partial charge < -0.3 is 10.1 Å². The lowest BCUT2D eigenvalue weighted by Gasteiger charge is -2.19. The minimum absolute atomic E-state index is 0.181. The van der Waals surface area contributed by atoms with Crippen LogP contribution in [0.15, 0.2) is 12.1 Å². The molecule has 1 heterocycles. The van der Waals surface area contributed by atoms with Crippen LogP contribution in [0.4, 0.5) is 5.82 Å². The predicted octanol–water partition coefficient (Wildman–Crippen LogP) is 3.48. The van der Waals surface area contributed by atoms with Crippen molar-refractivity contribution in [2.75, 3.05) is 11.9 Å². The zero-order valence-electron chi connectivity index (χ0n) is 10.3. The van der Waals surface area contributed by atoms with Crippen molar-refractivity contribution in [3.63, 3.8) is 0 Å². The van der Waals surface area contributed by atoms with Crippen molar-refractivity contribution in [3.05, 3.63) is 22.8 Å². The topological polar surface area (TPSA) is 34.1 Å². The SMILES string of the molecule is CCNc1ccc(Cl)c(COC(C)(C)C)n1. The Balaban J connectivity index is 2.74. The number of hydrogen-bond donors (Lipinski definition) is 1. The molecule has 1 N–H and O–H groups in total. The molecule has 0 spiro atoms. The highest BCUT2D eigenvalue weighted by Gasteiger charge is 2.12. The van der Waals surface area contributed by atoms with Crippen LogP contribution in [0.2, 0.25) is 5.02 Å². The van der Waals surface area contributed by atoms with Crippen LogP contribution in [0, 0.1) is 0 Å². The Morgan fingerprint density at radius 2 is 2.06 bits per heavy atom. The number of halogens is 1. The Kier molecular flexibility index (Phi) is 4.56. The normalized spacial score (nSPS) is 11.6. The molecule has 0 aromatic carbocycles. The maximum Gasteiger partial charge on any atom is 0.126 e. The molecule has 0 aliphatic carbocycles. The van der Waals surface area contributed by atoms with E-state index in [4.69, 9.17) is 16.3 Å². The van der Waals surface area contributed by atoms with Crippen molar-refractivity contribution in [1.82, 2.24) is 4.98 Å². The number of nitrogens with one attached hydrogen (secondary N) is 1. The summed E-state index contributed by atoms with van der Waals surface area (Å²) in [6.07, 6.45) is 0. The van der Waals surface area contributed by atoms with E-state index >= 15 is 0 Å². The zero-order chi connectivity index (χ0) is 12.2. The third-order valence-corrected chi connectivity index (χ3v) is 2.26. The minimum atomic E-state index is -0.181. The third kappa shape index (κ3) is 4.37. The van der Waals surface area contributed by atoms with E-state index in [1.54, 1.807) is 0 Å². The van der Waals surface area contributed by atoms with Gasteiger partial charge in [0.2, 0.25) is 0 Å². The standard InChI is InChI=1S/C12H19ClN2O/c1-5-14-11-7-6-9(13)10(15-11)8-16-12(2,3)4/h6-7H,5,8H2,1-4H3,(H,14,15). The van der Waals surface area contributed by atoms with Crippen molar-refractivity contribution in [1.29, 1.82) is 0 Å². The molecule has 0 saturated carbocycles. The predicted molar refractivity (Wildman–Crippen MR) is 68.0 cm³/mol. The Hall–Kier alpha value is -0.800. The summed E-state index contributed by atoms with van der Waals surface area (Å²) in [5, 5.41) is 3.79. The van der Waals surface area contributed by atoms with E-state index in [1.165, 1.54) is 0 Å². The molecule has 0 fully saturated rings. The van der Waals surface area contributed by atoms with E-state index < -0.39 is 0 Å². The van der Waals surface area contributed by atoms with Crippen molar-refractivity contribution in [2.45, 2.75) is 39.9 Å². The van der Waals surface area contributed by atoms with Gasteiger partial charge in [0, 0.05) is 6.54 Å². The second kappa shape index (κ2) is 5.51. The molecule has 4 heteroatoms. The van der Waals surface area contributed by atoms with E-state index in [1.807, 2.05) is 39.8 Å². The summed E-state index contributed by atoms with van der Waals surface area (Å²) in [5.74, 6) is 0.833. The molecule has 1 aromatic heterocycles. The number of ether oxygens (including phenoxy) is 1. The number of pyridine rings is 1. The van der Waals surface area contributed by atoms with E-state index in [-0.39, 0.29) is 5.60 Å². The van der Waals surface area contributed by atoms with E-state index in [2.05, 4.69) is 10.3 Å². The molecule has 1 aromatic rings. The molecule has 16 heavy (non-hydrogen) atoms. The molecule has 0 aliphatic rings. The van der Waals surface area contributed by atoms with Gasteiger partial charge >= 0.3 is 0 Å². The van der Waals surface area contributed by atoms with Crippen molar-refractivity contribution in [3.8, 4) is 0 Å². The first kappa shape index (κ1) is 13.3. The smallest absolute Gasteiger partial charge is 0.126 e. The molecule has 0 aliphatic heterocycles. The molecule has 0 atom stereocenters. The summed E-state index contributed by atoms with van der Waals surface area (Å²) in [6, 6.07) is 3.71. The summed E-state index contributed by atoms with van der Waals surface area (Å²) in [5.41, 5.74) is 0.592. The summed E-state index contributed by atoms with van der Waals surface area (Å²) in [4.78, 5) is 4.40. The maximum atomic E-state index is 6.05. The first-order chi connectivity index (χ1) is 7.42. The third-order valence-electron chi connectivity index (χ3n) is 1.92. The van der Waals surface area contributed by atoms with Crippen LogP contribution in [0.25, 0.3) is 0 Å². The lowest BCUT2D eigenvalue weighted by atomic mass is 10.2. The fraction of sp³-hybridized carbons (Fsp3) is 0.583. The summed E-state index contributed by atoms with van der Waals surface area (Å²) in [7, 11) is 0. The van der Waals surface area contributed by atoms with Crippen LogP contribution in [0.1, 0.15) is 33.4 Å². The highest BCUT2D eigenvalue weighted by atomic mass is 35.5. The first-order valence-electron chi connectivity index (χ1n) is 5.45. The molecule has 0 unspecified atom stereocenters. The number of nitrogens with zero attached hydrogens (tertiary/aromatic N) is 1. The van der Waals surface area contributed by atoms with Crippen LogP contribution in [0.5, 0.6) is 0 Å². The van der Waals surface area contributed by atoms with Crippen molar-refractivity contribution < 1.29 is 4.74 Å². The van der Waals surface area contributed by atoms with Crippen LogP contribution in [-0.4, -0.2) is 17.1 Å². The van der Waals surface area contributed by atoms with Gasteiger partial charge in [-0.15, -0.1) is 0 Å². The molecule has 0 amide bonds. The Morgan fingerprint density at radius 1 is 1.38 bits per heavy atom. The fourth-order valence-corrected chi connectivity index (χ4v) is 1.31. The van der Waals surface area contributed by atoms with Crippen molar-refractivity contribution >= 4 is 17.4 Å². The lowest BCUT2D eigenvalue weighted by Crippen LogP contribution is -2.19. The Bertz CT molecular complexity index is 347. The Labute approximate surface area is 102 Å². The average molecular weight is 243 g/mol. The van der Waals surface area contributed by atoms with E-state index in [9.17, 15) is 0 Å². The number of aromatic nitrogens is 1. The van der Waals surface area contributed by atoms with Gasteiger partial charge in [-0.05, 0) is 39.8 Å². The van der Waals surface area contributed by atoms with Gasteiger partial charge in [0.05, 0.1) is 22.9 Å².